The number of para-hydroxylation sites is 1. The van der Waals surface area contributed by atoms with E-state index >= 15 is 4.39 Å². The van der Waals surface area contributed by atoms with Gasteiger partial charge < -0.3 is 9.47 Å². The van der Waals surface area contributed by atoms with Gasteiger partial charge >= 0.3 is 0 Å². The fourth-order valence-corrected chi connectivity index (χ4v) is 5.06. The second-order valence-corrected chi connectivity index (χ2v) is 10.9. The van der Waals surface area contributed by atoms with Crippen molar-refractivity contribution >= 4 is 16.0 Å². The Hall–Kier alpha value is -4.13. The predicted molar refractivity (Wildman–Crippen MR) is 140 cm³/mol. The van der Waals surface area contributed by atoms with Gasteiger partial charge in [-0.3, -0.25) is 14.3 Å². The van der Waals surface area contributed by atoms with Gasteiger partial charge in [0, 0.05) is 30.4 Å². The SMILES string of the molecule is COc1cccc(OC)c1-n1c(NS(=O)(=O)[C@@H](C)[C@](C)(F)c2ncc(C)cn2)nnc1-c1cncc(C)c1. The van der Waals surface area contributed by atoms with E-state index in [0.29, 0.717) is 22.7 Å². The van der Waals surface area contributed by atoms with Gasteiger partial charge in [-0.15, -0.1) is 10.2 Å². The van der Waals surface area contributed by atoms with Gasteiger partial charge in [-0.2, -0.15) is 0 Å². The highest BCUT2D eigenvalue weighted by molar-refractivity contribution is 7.93. The number of sulfonamides is 1. The lowest BCUT2D eigenvalue weighted by Gasteiger charge is -2.26. The van der Waals surface area contributed by atoms with E-state index in [2.05, 4.69) is 29.9 Å². The Morgan fingerprint density at radius 2 is 1.63 bits per heavy atom. The zero-order valence-corrected chi connectivity index (χ0v) is 22.6. The quantitative estimate of drug-likeness (QED) is 0.336. The van der Waals surface area contributed by atoms with Crippen molar-refractivity contribution in [2.75, 3.05) is 18.9 Å². The van der Waals surface area contributed by atoms with Crippen LogP contribution in [0.15, 0.2) is 49.1 Å². The van der Waals surface area contributed by atoms with E-state index < -0.39 is 20.9 Å². The minimum Gasteiger partial charge on any atom is -0.494 e. The van der Waals surface area contributed by atoms with Crippen molar-refractivity contribution in [1.82, 2.24) is 29.7 Å². The average molecular weight is 542 g/mol. The lowest BCUT2D eigenvalue weighted by Crippen LogP contribution is -2.41. The number of pyridine rings is 1. The zero-order valence-electron chi connectivity index (χ0n) is 21.8. The number of nitrogens with one attached hydrogen (secondary N) is 1. The lowest BCUT2D eigenvalue weighted by molar-refractivity contribution is 0.175. The van der Waals surface area contributed by atoms with Gasteiger partial charge in [0.05, 0.1) is 14.2 Å². The summed E-state index contributed by atoms with van der Waals surface area (Å²) in [5.41, 5.74) is 0.0541. The monoisotopic (exact) mass is 541 g/mol. The summed E-state index contributed by atoms with van der Waals surface area (Å²) in [5, 5.41) is 6.75. The molecule has 0 spiro atoms. The molecule has 0 fully saturated rings. The molecule has 0 bridgehead atoms. The molecule has 11 nitrogen and oxygen atoms in total. The average Bonchev–Trinajstić information content (AvgIpc) is 3.30. The molecule has 4 rings (SSSR count). The maximum Gasteiger partial charge on any atom is 0.243 e. The van der Waals surface area contributed by atoms with Crippen molar-refractivity contribution < 1.29 is 22.3 Å². The van der Waals surface area contributed by atoms with Crippen LogP contribution in [0.25, 0.3) is 17.1 Å². The Balaban J connectivity index is 1.86. The number of hydrogen-bond acceptors (Lipinski definition) is 9. The van der Waals surface area contributed by atoms with E-state index in [9.17, 15) is 8.42 Å². The molecule has 1 N–H and O–H groups in total. The van der Waals surface area contributed by atoms with Gasteiger partial charge in [0.25, 0.3) is 0 Å². The van der Waals surface area contributed by atoms with E-state index in [1.54, 1.807) is 37.5 Å². The minimum atomic E-state index is -4.40. The summed E-state index contributed by atoms with van der Waals surface area (Å²) in [4.78, 5) is 12.2. The number of ether oxygens (including phenoxy) is 2. The van der Waals surface area contributed by atoms with Gasteiger partial charge in [0.1, 0.15) is 22.4 Å². The first kappa shape index (κ1) is 26.9. The van der Waals surface area contributed by atoms with Crippen LogP contribution in [-0.4, -0.2) is 57.6 Å². The van der Waals surface area contributed by atoms with E-state index in [0.717, 1.165) is 18.1 Å². The number of alkyl halides is 1. The maximum absolute atomic E-state index is 15.9. The molecule has 0 aliphatic heterocycles. The molecular weight excluding hydrogens is 513 g/mol. The highest BCUT2D eigenvalue weighted by Crippen LogP contribution is 2.38. The van der Waals surface area contributed by atoms with E-state index in [1.807, 2.05) is 13.0 Å². The lowest BCUT2D eigenvalue weighted by atomic mass is 10.0. The van der Waals surface area contributed by atoms with Crippen LogP contribution in [0.3, 0.4) is 0 Å². The molecule has 0 unspecified atom stereocenters. The maximum atomic E-state index is 15.9. The van der Waals surface area contributed by atoms with Crippen LogP contribution >= 0.6 is 0 Å². The second-order valence-electron chi connectivity index (χ2n) is 8.89. The highest BCUT2D eigenvalue weighted by Gasteiger charge is 2.44. The van der Waals surface area contributed by atoms with Crippen molar-refractivity contribution in [3.63, 3.8) is 0 Å². The molecule has 200 valence electrons. The standard InChI is InChI=1S/C25H28FN7O4S/c1-15-10-18(14-27-11-15)22-30-31-24(33(22)21-19(36-5)8-7-9-20(21)37-6)32-38(34,35)17(3)25(4,26)23-28-12-16(2)13-29-23/h7-14,17H,1-6H3,(H,31,32)/t17-,25-/m0/s1. The van der Waals surface area contributed by atoms with Gasteiger partial charge in [0.2, 0.25) is 16.0 Å². The van der Waals surface area contributed by atoms with Crippen molar-refractivity contribution in [1.29, 1.82) is 0 Å². The molecule has 0 aliphatic rings. The molecule has 13 heteroatoms. The Morgan fingerprint density at radius 3 is 2.21 bits per heavy atom. The zero-order chi connectivity index (χ0) is 27.7. The van der Waals surface area contributed by atoms with E-state index in [-0.39, 0.29) is 17.6 Å². The number of rotatable bonds is 9. The van der Waals surface area contributed by atoms with Gasteiger partial charge in [-0.25, -0.2) is 22.8 Å². The van der Waals surface area contributed by atoms with E-state index in [4.69, 9.17) is 9.47 Å². The fraction of sp³-hybridized carbons (Fsp3) is 0.320. The number of nitrogens with zero attached hydrogens (tertiary/aromatic N) is 6. The van der Waals surface area contributed by atoms with Crippen molar-refractivity contribution in [3.8, 4) is 28.6 Å². The van der Waals surface area contributed by atoms with Crippen LogP contribution in [0.1, 0.15) is 30.8 Å². The third-order valence-corrected chi connectivity index (χ3v) is 7.94. The largest absolute Gasteiger partial charge is 0.494 e. The first-order valence-corrected chi connectivity index (χ1v) is 13.1. The van der Waals surface area contributed by atoms with Crippen molar-refractivity contribution in [3.05, 3.63) is 66.0 Å². The molecule has 2 atom stereocenters. The minimum absolute atomic E-state index is 0.197. The first-order valence-electron chi connectivity index (χ1n) is 11.6. The Morgan fingerprint density at radius 1 is 1.00 bits per heavy atom. The third kappa shape index (κ3) is 5.01. The smallest absolute Gasteiger partial charge is 0.243 e. The molecule has 4 aromatic rings. The van der Waals surface area contributed by atoms with Gasteiger partial charge in [0.15, 0.2) is 17.3 Å². The second kappa shape index (κ2) is 10.3. The topological polar surface area (TPSA) is 134 Å². The summed E-state index contributed by atoms with van der Waals surface area (Å²) < 4.78 is 57.9. The molecule has 0 aliphatic carbocycles. The van der Waals surface area contributed by atoms with E-state index in [1.165, 1.54) is 38.1 Å². The first-order chi connectivity index (χ1) is 18.0. The summed E-state index contributed by atoms with van der Waals surface area (Å²) in [6.45, 7) is 5.98. The number of aromatic nitrogens is 6. The van der Waals surface area contributed by atoms with Crippen LogP contribution in [0.5, 0.6) is 11.5 Å². The Labute approximate surface area is 220 Å². The molecule has 3 heterocycles. The van der Waals surface area contributed by atoms with Crippen LogP contribution in [0.4, 0.5) is 10.3 Å². The molecule has 1 aromatic carbocycles. The number of benzene rings is 1. The summed E-state index contributed by atoms with van der Waals surface area (Å²) >= 11 is 0. The highest BCUT2D eigenvalue weighted by atomic mass is 32.2. The number of hydrogen-bond donors (Lipinski definition) is 1. The summed E-state index contributed by atoms with van der Waals surface area (Å²) in [7, 11) is -1.46. The normalized spacial score (nSPS) is 14.0. The van der Waals surface area contributed by atoms with Crippen LogP contribution < -0.4 is 14.2 Å². The van der Waals surface area contributed by atoms with Gasteiger partial charge in [-0.05, 0) is 57.0 Å². The van der Waals surface area contributed by atoms with Crippen LogP contribution in [-0.2, 0) is 15.7 Å². The molecule has 3 aromatic heterocycles. The molecule has 38 heavy (non-hydrogen) atoms. The number of halogens is 1. The van der Waals surface area contributed by atoms with Crippen LogP contribution in [0, 0.1) is 13.8 Å². The molecule has 0 saturated carbocycles. The number of anilines is 1. The van der Waals surface area contributed by atoms with Crippen molar-refractivity contribution in [2.24, 2.45) is 0 Å². The molecule has 0 amide bonds. The molecule has 0 saturated heterocycles. The Bertz CT molecular complexity index is 1530. The Kier molecular flexibility index (Phi) is 7.31. The number of aryl methyl sites for hydroxylation is 2. The van der Waals surface area contributed by atoms with Crippen molar-refractivity contribution in [2.45, 2.75) is 38.6 Å². The van der Waals surface area contributed by atoms with Crippen LogP contribution in [0.2, 0.25) is 0 Å². The third-order valence-electron chi connectivity index (χ3n) is 6.10. The summed E-state index contributed by atoms with van der Waals surface area (Å²) in [6, 6.07) is 6.92. The predicted octanol–water partition coefficient (Wildman–Crippen LogP) is 3.77. The molecular formula is C25H28FN7O4S. The fourth-order valence-electron chi connectivity index (χ4n) is 3.81. The summed E-state index contributed by atoms with van der Waals surface area (Å²) in [5.74, 6) is 0.544. The summed E-state index contributed by atoms with van der Waals surface area (Å²) in [6.07, 6.45) is 6.11. The van der Waals surface area contributed by atoms with Gasteiger partial charge in [-0.1, -0.05) is 6.07 Å². The molecule has 0 radical (unpaired) electrons. The number of methoxy groups -OCH3 is 2.